The number of halogens is 2. The Morgan fingerprint density at radius 1 is 1.53 bits per heavy atom. The zero-order chi connectivity index (χ0) is 14.0. The second-order valence-corrected chi connectivity index (χ2v) is 6.26. The van der Waals surface area contributed by atoms with E-state index in [4.69, 9.17) is 0 Å². The van der Waals surface area contributed by atoms with Crippen LogP contribution in [0.25, 0.3) is 0 Å². The molecule has 4 nitrogen and oxygen atoms in total. The summed E-state index contributed by atoms with van der Waals surface area (Å²) in [7, 11) is 1.69. The van der Waals surface area contributed by atoms with Gasteiger partial charge in [0.15, 0.2) is 0 Å². The van der Waals surface area contributed by atoms with Crippen molar-refractivity contribution < 1.29 is 9.59 Å². The van der Waals surface area contributed by atoms with Crippen LogP contribution in [0.15, 0.2) is 37.9 Å². The molecule has 1 aromatic carbocycles. The first kappa shape index (κ1) is 14.5. The summed E-state index contributed by atoms with van der Waals surface area (Å²) in [5, 5.41) is 2.84. The van der Waals surface area contributed by atoms with Gasteiger partial charge in [0.05, 0.1) is 15.7 Å². The van der Waals surface area contributed by atoms with E-state index in [0.717, 1.165) is 10.0 Å². The van der Waals surface area contributed by atoms with Gasteiger partial charge in [0.2, 0.25) is 0 Å². The SMILES string of the molecule is CN1CC(C(=O)NCc2cccc(Br)c2)=C(I)C1=O. The molecule has 0 atom stereocenters. The van der Waals surface area contributed by atoms with Crippen molar-refractivity contribution in [2.75, 3.05) is 13.6 Å². The lowest BCUT2D eigenvalue weighted by Crippen LogP contribution is -2.27. The molecule has 2 rings (SSSR count). The smallest absolute Gasteiger partial charge is 0.260 e. The first-order valence-electron chi connectivity index (χ1n) is 5.66. The maximum Gasteiger partial charge on any atom is 0.260 e. The number of hydrogen-bond donors (Lipinski definition) is 1. The second-order valence-electron chi connectivity index (χ2n) is 4.27. The molecule has 2 amide bonds. The molecule has 0 unspecified atom stereocenters. The molecule has 1 heterocycles. The fourth-order valence-corrected chi connectivity index (χ4v) is 3.06. The van der Waals surface area contributed by atoms with Crippen molar-refractivity contribution in [3.63, 3.8) is 0 Å². The lowest BCUT2D eigenvalue weighted by atomic mass is 10.2. The van der Waals surface area contributed by atoms with Gasteiger partial charge in [-0.25, -0.2) is 0 Å². The van der Waals surface area contributed by atoms with Gasteiger partial charge in [0, 0.05) is 18.1 Å². The summed E-state index contributed by atoms with van der Waals surface area (Å²) in [4.78, 5) is 25.2. The van der Waals surface area contributed by atoms with Crippen LogP contribution in [0, 0.1) is 0 Å². The van der Waals surface area contributed by atoms with Crippen molar-refractivity contribution >= 4 is 50.3 Å². The Labute approximate surface area is 133 Å². The number of nitrogens with zero attached hydrogens (tertiary/aromatic N) is 1. The third-order valence-corrected chi connectivity index (χ3v) is 4.42. The van der Waals surface area contributed by atoms with Crippen LogP contribution in [-0.4, -0.2) is 30.3 Å². The van der Waals surface area contributed by atoms with Gasteiger partial charge in [0.25, 0.3) is 11.8 Å². The van der Waals surface area contributed by atoms with Crippen LogP contribution in [0.1, 0.15) is 5.56 Å². The highest BCUT2D eigenvalue weighted by atomic mass is 127. The van der Waals surface area contributed by atoms with Crippen LogP contribution in [-0.2, 0) is 16.1 Å². The maximum absolute atomic E-state index is 12.0. The number of likely N-dealkylation sites (N-methyl/N-ethyl adjacent to an activating group) is 1. The average molecular weight is 435 g/mol. The van der Waals surface area contributed by atoms with E-state index >= 15 is 0 Å². The highest BCUT2D eigenvalue weighted by Gasteiger charge is 2.29. The van der Waals surface area contributed by atoms with E-state index < -0.39 is 0 Å². The van der Waals surface area contributed by atoms with E-state index in [-0.39, 0.29) is 11.8 Å². The van der Waals surface area contributed by atoms with Crippen molar-refractivity contribution in [1.82, 2.24) is 10.2 Å². The first-order chi connectivity index (χ1) is 8.99. The molecule has 19 heavy (non-hydrogen) atoms. The minimum absolute atomic E-state index is 0.0896. The van der Waals surface area contributed by atoms with Crippen LogP contribution in [0.5, 0.6) is 0 Å². The van der Waals surface area contributed by atoms with Gasteiger partial charge in [-0.3, -0.25) is 9.59 Å². The number of amides is 2. The largest absolute Gasteiger partial charge is 0.348 e. The normalized spacial score (nSPS) is 15.1. The van der Waals surface area contributed by atoms with E-state index in [9.17, 15) is 9.59 Å². The number of hydrogen-bond acceptors (Lipinski definition) is 2. The van der Waals surface area contributed by atoms with Gasteiger partial charge in [0.1, 0.15) is 0 Å². The molecule has 0 saturated carbocycles. The fourth-order valence-electron chi connectivity index (χ4n) is 1.78. The summed E-state index contributed by atoms with van der Waals surface area (Å²) >= 11 is 5.32. The molecule has 1 aromatic rings. The molecule has 1 N–H and O–H groups in total. The third kappa shape index (κ3) is 3.36. The number of benzene rings is 1. The van der Waals surface area contributed by atoms with Gasteiger partial charge < -0.3 is 10.2 Å². The van der Waals surface area contributed by atoms with E-state index in [1.807, 2.05) is 46.9 Å². The molecule has 1 aliphatic heterocycles. The van der Waals surface area contributed by atoms with Crippen molar-refractivity contribution in [2.45, 2.75) is 6.54 Å². The number of rotatable bonds is 3. The van der Waals surface area contributed by atoms with Crippen molar-refractivity contribution in [2.24, 2.45) is 0 Å². The highest BCUT2D eigenvalue weighted by Crippen LogP contribution is 2.23. The van der Waals surface area contributed by atoms with Crippen LogP contribution < -0.4 is 5.32 Å². The van der Waals surface area contributed by atoms with Gasteiger partial charge in [-0.05, 0) is 40.3 Å². The Kier molecular flexibility index (Phi) is 4.62. The van der Waals surface area contributed by atoms with Gasteiger partial charge in [-0.2, -0.15) is 0 Å². The Morgan fingerprint density at radius 2 is 2.26 bits per heavy atom. The standard InChI is InChI=1S/C13H12BrIN2O2/c1-17-7-10(11(15)13(17)19)12(18)16-6-8-3-2-4-9(14)5-8/h2-5H,6-7H2,1H3,(H,16,18). The van der Waals surface area contributed by atoms with Crippen LogP contribution in [0.2, 0.25) is 0 Å². The molecule has 0 aliphatic carbocycles. The average Bonchev–Trinajstić information content (AvgIpc) is 2.64. The predicted molar refractivity (Wildman–Crippen MR) is 84.7 cm³/mol. The predicted octanol–water partition coefficient (Wildman–Crippen LogP) is 2.23. The molecule has 6 heteroatoms. The summed E-state index contributed by atoms with van der Waals surface area (Å²) in [6.45, 7) is 0.824. The highest BCUT2D eigenvalue weighted by molar-refractivity contribution is 14.1. The lowest BCUT2D eigenvalue weighted by molar-refractivity contribution is -0.123. The Hall–Kier alpha value is -0.890. The minimum Gasteiger partial charge on any atom is -0.348 e. The summed E-state index contributed by atoms with van der Waals surface area (Å²) in [5.41, 5.74) is 1.55. The summed E-state index contributed by atoms with van der Waals surface area (Å²) in [6, 6.07) is 7.74. The number of carbonyl (C=O) groups excluding carboxylic acids is 2. The number of nitrogens with one attached hydrogen (secondary N) is 1. The van der Waals surface area contributed by atoms with Crippen molar-refractivity contribution in [3.05, 3.63) is 43.5 Å². The third-order valence-electron chi connectivity index (χ3n) is 2.81. The molecule has 100 valence electrons. The molecular formula is C13H12BrIN2O2. The second kappa shape index (κ2) is 6.04. The number of carbonyl (C=O) groups is 2. The van der Waals surface area contributed by atoms with Gasteiger partial charge >= 0.3 is 0 Å². The summed E-state index contributed by atoms with van der Waals surface area (Å²) in [5.74, 6) is -0.268. The molecule has 1 aliphatic rings. The molecule has 0 radical (unpaired) electrons. The Balaban J connectivity index is 2.01. The Bertz CT molecular complexity index is 572. The van der Waals surface area contributed by atoms with E-state index in [2.05, 4.69) is 21.2 Å². The topological polar surface area (TPSA) is 49.4 Å². The molecule has 0 bridgehead atoms. The molecule has 0 fully saturated rings. The first-order valence-corrected chi connectivity index (χ1v) is 7.53. The fraction of sp³-hybridized carbons (Fsp3) is 0.231. The van der Waals surface area contributed by atoms with Gasteiger partial charge in [-0.15, -0.1) is 0 Å². The molecule has 0 saturated heterocycles. The van der Waals surface area contributed by atoms with Crippen molar-refractivity contribution in [3.8, 4) is 0 Å². The van der Waals surface area contributed by atoms with Crippen LogP contribution in [0.3, 0.4) is 0 Å². The van der Waals surface area contributed by atoms with Crippen LogP contribution >= 0.6 is 38.5 Å². The molecule has 0 spiro atoms. The van der Waals surface area contributed by atoms with E-state index in [1.165, 1.54) is 4.90 Å². The summed E-state index contributed by atoms with van der Waals surface area (Å²) in [6.07, 6.45) is 0. The quantitative estimate of drug-likeness (QED) is 0.741. The zero-order valence-electron chi connectivity index (χ0n) is 10.2. The zero-order valence-corrected chi connectivity index (χ0v) is 14.0. The monoisotopic (exact) mass is 434 g/mol. The van der Waals surface area contributed by atoms with Gasteiger partial charge in [-0.1, -0.05) is 28.1 Å². The maximum atomic E-state index is 12.0. The van der Waals surface area contributed by atoms with Crippen molar-refractivity contribution in [1.29, 1.82) is 0 Å². The van der Waals surface area contributed by atoms with E-state index in [1.54, 1.807) is 7.05 Å². The van der Waals surface area contributed by atoms with Crippen LogP contribution in [0.4, 0.5) is 0 Å². The molecule has 0 aromatic heterocycles. The Morgan fingerprint density at radius 3 is 2.84 bits per heavy atom. The minimum atomic E-state index is -0.179. The molecular weight excluding hydrogens is 423 g/mol. The lowest BCUT2D eigenvalue weighted by Gasteiger charge is -2.09. The van der Waals surface area contributed by atoms with E-state index in [0.29, 0.717) is 22.2 Å². The summed E-state index contributed by atoms with van der Waals surface area (Å²) < 4.78 is 1.48.